The molecule has 0 fully saturated rings. The third-order valence-electron chi connectivity index (χ3n) is 12.1. The lowest BCUT2D eigenvalue weighted by Crippen LogP contribution is -2.30. The van der Waals surface area contributed by atoms with Gasteiger partial charge in [0, 0.05) is 36.8 Å². The van der Waals surface area contributed by atoms with Gasteiger partial charge in [0.25, 0.3) is 6.33 Å². The third-order valence-corrected chi connectivity index (χ3v) is 12.1. The number of ether oxygens (including phenoxy) is 1. The normalized spacial score (nSPS) is 14.7. The van der Waals surface area contributed by atoms with E-state index in [4.69, 9.17) is 16.6 Å². The maximum atomic E-state index is 9.33. The number of hydrogen-bond donors (Lipinski definition) is 0. The molecule has 316 valence electrons. The molecular weight excluding hydrogens is 769 g/mol. The largest absolute Gasteiger partial charge is 0.458 e. The van der Waals surface area contributed by atoms with Crippen molar-refractivity contribution in [2.45, 2.75) is 86.0 Å². The van der Waals surface area contributed by atoms with Gasteiger partial charge in [-0.05, 0) is 110 Å². The molecule has 5 nitrogen and oxygen atoms in total. The highest BCUT2D eigenvalue weighted by atomic mass is 16.5. The van der Waals surface area contributed by atoms with Crippen molar-refractivity contribution in [3.8, 4) is 50.9 Å². The molecule has 0 bridgehead atoms. The number of imidazole rings is 1. The van der Waals surface area contributed by atoms with Crippen LogP contribution in [-0.4, -0.2) is 14.1 Å². The van der Waals surface area contributed by atoms with Crippen LogP contribution in [0.15, 0.2) is 164 Å². The second-order valence-corrected chi connectivity index (χ2v) is 19.5. The topological polar surface area (TPSA) is 35.9 Å². The van der Waals surface area contributed by atoms with Crippen LogP contribution in [0.2, 0.25) is 0 Å². The van der Waals surface area contributed by atoms with Crippen molar-refractivity contribution in [2.24, 2.45) is 5.41 Å². The number of para-hydroxylation sites is 2. The van der Waals surface area contributed by atoms with Gasteiger partial charge in [0.05, 0.1) is 29.3 Å². The third kappa shape index (κ3) is 8.21. The predicted molar refractivity (Wildman–Crippen MR) is 261 cm³/mol. The summed E-state index contributed by atoms with van der Waals surface area (Å²) in [5, 5.41) is 2.14. The summed E-state index contributed by atoms with van der Waals surface area (Å²) in [6, 6.07) is 36.7. The smallest absolute Gasteiger partial charge is 0.268 e. The second-order valence-electron chi connectivity index (χ2n) is 19.5. The molecule has 0 amide bonds. The van der Waals surface area contributed by atoms with Gasteiger partial charge in [-0.2, -0.15) is 0 Å². The van der Waals surface area contributed by atoms with Gasteiger partial charge in [-0.25, -0.2) is 4.98 Å². The molecule has 5 heteroatoms. The van der Waals surface area contributed by atoms with Gasteiger partial charge >= 0.3 is 0 Å². The molecule has 0 aliphatic carbocycles. The van der Waals surface area contributed by atoms with E-state index >= 15 is 0 Å². The van der Waals surface area contributed by atoms with Crippen LogP contribution in [0.3, 0.4) is 0 Å². The monoisotopic (exact) mass is 832 g/mol. The fourth-order valence-corrected chi connectivity index (χ4v) is 8.16. The van der Waals surface area contributed by atoms with E-state index in [1.54, 1.807) is 6.20 Å². The van der Waals surface area contributed by atoms with Gasteiger partial charge in [-0.1, -0.05) is 160 Å². The Hall–Kier alpha value is -6.72. The zero-order chi connectivity index (χ0) is 49.5. The van der Waals surface area contributed by atoms with E-state index in [1.807, 2.05) is 107 Å². The van der Waals surface area contributed by atoms with Crippen LogP contribution in [0.25, 0.3) is 61.3 Å². The first-order valence-electron chi connectivity index (χ1n) is 24.6. The van der Waals surface area contributed by atoms with Crippen LogP contribution in [0.4, 0.5) is 0 Å². The zero-order valence-corrected chi connectivity index (χ0v) is 37.9. The molecule has 1 atom stereocenters. The standard InChI is InChI=1S/C58H58N4O/c1-39(56(2,3)4)41-28-29-59-54(34-41)62-52-25-15-14-22-50(52)51-27-26-47(37-53(51)62)63-46-21-16-20-45(36-46)60-30-31-61(38-60)55-48(40-18-12-11-13-19-40)23-17-24-49(55)42-32-43(57(5,6)7)35-44(33-42)58(8,9)10/h11-37,39H,1-10H3/i11D,12D,13D,18D,19D,39D. The minimum Gasteiger partial charge on any atom is -0.458 e. The van der Waals surface area contributed by atoms with E-state index < -0.39 is 24.0 Å². The molecule has 3 aromatic heterocycles. The Morgan fingerprint density at radius 1 is 0.667 bits per heavy atom. The summed E-state index contributed by atoms with van der Waals surface area (Å²) in [7, 11) is 0. The van der Waals surface area contributed by atoms with Crippen molar-refractivity contribution in [3.63, 3.8) is 0 Å². The average molecular weight is 833 g/mol. The lowest BCUT2D eigenvalue weighted by Gasteiger charge is -2.27. The Morgan fingerprint density at radius 2 is 1.33 bits per heavy atom. The first kappa shape index (κ1) is 34.8. The van der Waals surface area contributed by atoms with E-state index in [-0.39, 0.29) is 33.9 Å². The van der Waals surface area contributed by atoms with E-state index in [1.165, 1.54) is 0 Å². The summed E-state index contributed by atoms with van der Waals surface area (Å²) >= 11 is 0. The van der Waals surface area contributed by atoms with Crippen LogP contribution in [-0.2, 0) is 10.8 Å². The molecule has 0 aliphatic heterocycles. The molecule has 0 saturated heterocycles. The van der Waals surface area contributed by atoms with E-state index in [0.717, 1.165) is 61.1 Å². The summed E-state index contributed by atoms with van der Waals surface area (Å²) in [6.45, 7) is 21.4. The molecule has 63 heavy (non-hydrogen) atoms. The van der Waals surface area contributed by atoms with Gasteiger partial charge in [-0.3, -0.25) is 13.7 Å². The summed E-state index contributed by atoms with van der Waals surface area (Å²) in [5.41, 5.74) is 8.25. The molecule has 0 aliphatic rings. The fraction of sp³-hybridized carbons (Fsp3) is 0.241. The summed E-state index contributed by atoms with van der Waals surface area (Å²) in [4.78, 5) is 4.84. The fourth-order valence-electron chi connectivity index (χ4n) is 8.16. The average Bonchev–Trinajstić information content (AvgIpc) is 3.93. The van der Waals surface area contributed by atoms with Crippen LogP contribution >= 0.6 is 0 Å². The molecule has 9 aromatic rings. The van der Waals surface area contributed by atoms with E-state index in [2.05, 4.69) is 110 Å². The minimum absolute atomic E-state index is 0.115. The molecule has 1 unspecified atom stereocenters. The van der Waals surface area contributed by atoms with Crippen molar-refractivity contribution >= 4 is 21.8 Å². The number of pyridine rings is 1. The van der Waals surface area contributed by atoms with Crippen LogP contribution < -0.4 is 9.30 Å². The van der Waals surface area contributed by atoms with Crippen molar-refractivity contribution in [1.29, 1.82) is 0 Å². The molecule has 0 radical (unpaired) electrons. The summed E-state index contributed by atoms with van der Waals surface area (Å²) in [6.07, 6.45) is 9.08. The molecule has 6 aromatic carbocycles. The SMILES string of the molecule is [2H]c1c([2H])c([2H])c(-c2cccc(-c3cc(C(C)(C)C)cc(C(C)(C)C)c3)c2-[n+]2[c-]n(-c3cccc(Oc4ccc5c6ccccc6n(-c6cc(C([2H])(C)C(C)(C)C)ccn6)c5c4)c3)cc2)c([2H])c1[2H]. The Bertz CT molecular complexity index is 3410. The highest BCUT2D eigenvalue weighted by Crippen LogP contribution is 2.40. The first-order valence-corrected chi connectivity index (χ1v) is 21.6. The van der Waals surface area contributed by atoms with Gasteiger partial charge < -0.3 is 4.74 Å². The van der Waals surface area contributed by atoms with E-state index in [0.29, 0.717) is 22.7 Å². The Labute approximate surface area is 381 Å². The van der Waals surface area contributed by atoms with Crippen LogP contribution in [0.5, 0.6) is 11.5 Å². The molecular formula is C58H58N4O. The van der Waals surface area contributed by atoms with Crippen molar-refractivity contribution < 1.29 is 17.5 Å². The summed E-state index contributed by atoms with van der Waals surface area (Å²) in [5.74, 6) is 1.11. The maximum Gasteiger partial charge on any atom is 0.268 e. The number of hydrogen-bond acceptors (Lipinski definition) is 2. The second kappa shape index (κ2) is 15.9. The molecule has 0 saturated carbocycles. The highest BCUT2D eigenvalue weighted by molar-refractivity contribution is 6.09. The number of nitrogens with zero attached hydrogens (tertiary/aromatic N) is 4. The van der Waals surface area contributed by atoms with E-state index in [9.17, 15) is 1.37 Å². The zero-order valence-electron chi connectivity index (χ0n) is 43.9. The van der Waals surface area contributed by atoms with Gasteiger partial charge in [0.2, 0.25) is 0 Å². The van der Waals surface area contributed by atoms with Crippen molar-refractivity contribution in [2.75, 3.05) is 0 Å². The molecule has 3 heterocycles. The number of fused-ring (bicyclic) bond motifs is 3. The lowest BCUT2D eigenvalue weighted by molar-refractivity contribution is -0.598. The summed E-state index contributed by atoms with van der Waals surface area (Å²) < 4.78 is 65.5. The van der Waals surface area contributed by atoms with Gasteiger partial charge in [0.15, 0.2) is 0 Å². The number of benzene rings is 6. The van der Waals surface area contributed by atoms with Gasteiger partial charge in [0.1, 0.15) is 17.3 Å². The highest BCUT2D eigenvalue weighted by Gasteiger charge is 2.25. The number of aromatic nitrogens is 4. The van der Waals surface area contributed by atoms with Gasteiger partial charge in [-0.15, -0.1) is 0 Å². The molecule has 0 N–H and O–H groups in total. The molecule has 0 spiro atoms. The first-order chi connectivity index (χ1) is 32.4. The molecule has 9 rings (SSSR count). The Morgan fingerprint density at radius 3 is 2.05 bits per heavy atom. The quantitative estimate of drug-likeness (QED) is 0.113. The van der Waals surface area contributed by atoms with Crippen molar-refractivity contribution in [3.05, 3.63) is 187 Å². The maximum absolute atomic E-state index is 9.33. The van der Waals surface area contributed by atoms with Crippen LogP contribution in [0.1, 0.15) is 100 Å². The number of rotatable bonds is 8. The minimum atomic E-state index is -0.858. The Kier molecular flexibility index (Phi) is 8.78. The van der Waals surface area contributed by atoms with Crippen LogP contribution in [0, 0.1) is 11.7 Å². The Balaban J connectivity index is 1.14. The van der Waals surface area contributed by atoms with Crippen molar-refractivity contribution in [1.82, 2.24) is 14.1 Å². The predicted octanol–water partition coefficient (Wildman–Crippen LogP) is 14.9. The lowest BCUT2D eigenvalue weighted by atomic mass is 9.78.